The van der Waals surface area contributed by atoms with E-state index in [0.717, 1.165) is 0 Å². The van der Waals surface area contributed by atoms with Crippen LogP contribution in [0.25, 0.3) is 0 Å². The topological polar surface area (TPSA) is 55.8 Å². The normalized spacial score (nSPS) is 18.5. The van der Waals surface area contributed by atoms with Gasteiger partial charge in [-0.3, -0.25) is 4.79 Å². The van der Waals surface area contributed by atoms with Crippen LogP contribution in [-0.4, -0.2) is 41.3 Å². The Balaban J connectivity index is 2.19. The summed E-state index contributed by atoms with van der Waals surface area (Å²) in [7, 11) is 0. The lowest BCUT2D eigenvalue weighted by atomic mass is 9.86. The Morgan fingerprint density at radius 1 is 1.14 bits per heavy atom. The van der Waals surface area contributed by atoms with Crippen molar-refractivity contribution in [1.82, 2.24) is 4.90 Å². The third kappa shape index (κ3) is 7.61. The third-order valence-electron chi connectivity index (χ3n) is 4.53. The van der Waals surface area contributed by atoms with Crippen molar-refractivity contribution < 1.29 is 23.5 Å². The molecule has 7 heteroatoms. The van der Waals surface area contributed by atoms with Gasteiger partial charge in [0.1, 0.15) is 17.0 Å². The van der Waals surface area contributed by atoms with Gasteiger partial charge in [-0.05, 0) is 84.1 Å². The fraction of sp³-hybridized carbons (Fsp3) is 0.636. The second kappa shape index (κ2) is 9.02. The number of nitrogens with zero attached hydrogens (tertiary/aromatic N) is 1. The zero-order valence-corrected chi connectivity index (χ0v) is 19.6. The molecule has 1 aliphatic heterocycles. The average molecular weight is 472 g/mol. The molecule has 2 rings (SSSR count). The average Bonchev–Trinajstić information content (AvgIpc) is 2.98. The summed E-state index contributed by atoms with van der Waals surface area (Å²) in [5, 5.41) is 0. The highest BCUT2D eigenvalue weighted by molar-refractivity contribution is 9.10. The molecule has 1 aromatic carbocycles. The largest absolute Gasteiger partial charge is 0.460 e. The quantitative estimate of drug-likeness (QED) is 0.555. The Bertz CT molecular complexity index is 734. The Labute approximate surface area is 181 Å². The molecule has 1 saturated heterocycles. The number of carbonyl (C=O) groups is 2. The minimum atomic E-state index is -0.624. The van der Waals surface area contributed by atoms with Crippen molar-refractivity contribution in [2.45, 2.75) is 65.6 Å². The summed E-state index contributed by atoms with van der Waals surface area (Å²) in [6, 6.07) is 4.62. The standard InChI is InChI=1S/C22H31BrFNO4/c1-21(2,3)28-19(26)18(11-14-9-16(23)12-17(24)10-14)15-7-8-25(13-15)20(27)29-22(4,5)6/h9-10,12,15,18H,7-8,11,13H2,1-6H3/t15-,18-/m0/s1. The Hall–Kier alpha value is -1.63. The van der Waals surface area contributed by atoms with Crippen molar-refractivity contribution in [3.63, 3.8) is 0 Å². The minimum Gasteiger partial charge on any atom is -0.460 e. The number of esters is 1. The van der Waals surface area contributed by atoms with Crippen LogP contribution in [0.3, 0.4) is 0 Å². The summed E-state index contributed by atoms with van der Waals surface area (Å²) >= 11 is 3.30. The van der Waals surface area contributed by atoms with Gasteiger partial charge in [0.2, 0.25) is 0 Å². The lowest BCUT2D eigenvalue weighted by Gasteiger charge is -2.28. The van der Waals surface area contributed by atoms with E-state index < -0.39 is 17.1 Å². The number of ether oxygens (including phenoxy) is 2. The minimum absolute atomic E-state index is 0.0839. The highest BCUT2D eigenvalue weighted by atomic mass is 79.9. The Morgan fingerprint density at radius 3 is 2.31 bits per heavy atom. The first-order valence-corrected chi connectivity index (χ1v) is 10.7. The van der Waals surface area contributed by atoms with Gasteiger partial charge in [0.15, 0.2) is 0 Å². The van der Waals surface area contributed by atoms with Crippen molar-refractivity contribution >= 4 is 28.0 Å². The van der Waals surface area contributed by atoms with Crippen molar-refractivity contribution in [2.24, 2.45) is 11.8 Å². The summed E-state index contributed by atoms with van der Waals surface area (Å²) in [6.45, 7) is 11.9. The smallest absolute Gasteiger partial charge is 0.410 e. The summed E-state index contributed by atoms with van der Waals surface area (Å²) in [5.41, 5.74) is -0.488. The molecule has 1 aliphatic rings. The molecule has 0 aromatic heterocycles. The van der Waals surface area contributed by atoms with E-state index in [1.165, 1.54) is 12.1 Å². The van der Waals surface area contributed by atoms with Crippen LogP contribution in [0.2, 0.25) is 0 Å². The summed E-state index contributed by atoms with van der Waals surface area (Å²) < 4.78 is 25.6. The number of hydrogen-bond donors (Lipinski definition) is 0. The van der Waals surface area contributed by atoms with E-state index in [9.17, 15) is 14.0 Å². The maximum absolute atomic E-state index is 13.8. The molecule has 162 valence electrons. The second-order valence-electron chi connectivity index (χ2n) is 9.60. The van der Waals surface area contributed by atoms with Crippen LogP contribution in [0.4, 0.5) is 9.18 Å². The highest BCUT2D eigenvalue weighted by Gasteiger charge is 2.39. The number of hydrogen-bond acceptors (Lipinski definition) is 4. The summed E-state index contributed by atoms with van der Waals surface area (Å²) in [6.07, 6.45) is 0.633. The van der Waals surface area contributed by atoms with Gasteiger partial charge in [-0.2, -0.15) is 0 Å². The van der Waals surface area contributed by atoms with E-state index in [-0.39, 0.29) is 23.8 Å². The molecule has 0 spiro atoms. The van der Waals surface area contributed by atoms with Crippen LogP contribution in [-0.2, 0) is 20.7 Å². The third-order valence-corrected chi connectivity index (χ3v) is 4.99. The van der Waals surface area contributed by atoms with E-state index in [1.807, 2.05) is 41.5 Å². The van der Waals surface area contributed by atoms with E-state index in [1.54, 1.807) is 11.0 Å². The predicted octanol–water partition coefficient (Wildman–Crippen LogP) is 5.35. The van der Waals surface area contributed by atoms with Crippen LogP contribution >= 0.6 is 15.9 Å². The molecular formula is C22H31BrFNO4. The molecule has 1 fully saturated rings. The number of benzene rings is 1. The van der Waals surface area contributed by atoms with Gasteiger partial charge in [-0.1, -0.05) is 15.9 Å². The van der Waals surface area contributed by atoms with Crippen LogP contribution in [0.5, 0.6) is 0 Å². The van der Waals surface area contributed by atoms with Gasteiger partial charge in [-0.15, -0.1) is 0 Å². The zero-order chi connectivity index (χ0) is 22.0. The number of rotatable bonds is 4. The first kappa shape index (κ1) is 23.6. The zero-order valence-electron chi connectivity index (χ0n) is 18.1. The van der Waals surface area contributed by atoms with Gasteiger partial charge >= 0.3 is 12.1 Å². The molecular weight excluding hydrogens is 441 g/mol. The molecule has 1 heterocycles. The SMILES string of the molecule is CC(C)(C)OC(=O)[C@@H](Cc1cc(F)cc(Br)c1)[C@H]1CCN(C(=O)OC(C)(C)C)C1. The molecule has 29 heavy (non-hydrogen) atoms. The van der Waals surface area contributed by atoms with Crippen LogP contribution in [0, 0.1) is 17.7 Å². The van der Waals surface area contributed by atoms with Crippen molar-refractivity contribution in [3.05, 3.63) is 34.1 Å². The molecule has 0 unspecified atom stereocenters. The predicted molar refractivity (Wildman–Crippen MR) is 113 cm³/mol. The lowest BCUT2D eigenvalue weighted by molar-refractivity contribution is -0.161. The molecule has 0 radical (unpaired) electrons. The van der Waals surface area contributed by atoms with Crippen molar-refractivity contribution in [2.75, 3.05) is 13.1 Å². The van der Waals surface area contributed by atoms with Gasteiger partial charge in [0.25, 0.3) is 0 Å². The number of halogens is 2. The van der Waals surface area contributed by atoms with E-state index in [2.05, 4.69) is 15.9 Å². The van der Waals surface area contributed by atoms with E-state index >= 15 is 0 Å². The number of carbonyl (C=O) groups excluding carboxylic acids is 2. The van der Waals surface area contributed by atoms with Gasteiger partial charge in [-0.25, -0.2) is 9.18 Å². The van der Waals surface area contributed by atoms with Crippen LogP contribution in [0.15, 0.2) is 22.7 Å². The number of amides is 1. The molecule has 1 amide bonds. The maximum Gasteiger partial charge on any atom is 0.410 e. The van der Waals surface area contributed by atoms with E-state index in [4.69, 9.17) is 9.47 Å². The summed E-state index contributed by atoms with van der Waals surface area (Å²) in [5.74, 6) is -1.25. The fourth-order valence-electron chi connectivity index (χ4n) is 3.41. The highest BCUT2D eigenvalue weighted by Crippen LogP contribution is 2.31. The Morgan fingerprint density at radius 2 is 1.76 bits per heavy atom. The van der Waals surface area contributed by atoms with Crippen molar-refractivity contribution in [3.8, 4) is 0 Å². The molecule has 0 N–H and O–H groups in total. The monoisotopic (exact) mass is 471 g/mol. The van der Waals surface area contributed by atoms with E-state index in [0.29, 0.717) is 36.0 Å². The van der Waals surface area contributed by atoms with Gasteiger partial charge in [0, 0.05) is 17.6 Å². The molecule has 2 atom stereocenters. The second-order valence-corrected chi connectivity index (χ2v) is 10.5. The van der Waals surface area contributed by atoms with Gasteiger partial charge < -0.3 is 14.4 Å². The van der Waals surface area contributed by atoms with Crippen molar-refractivity contribution in [1.29, 1.82) is 0 Å². The fourth-order valence-corrected chi connectivity index (χ4v) is 3.92. The summed E-state index contributed by atoms with van der Waals surface area (Å²) in [4.78, 5) is 27.0. The van der Waals surface area contributed by atoms with Crippen LogP contribution < -0.4 is 0 Å². The van der Waals surface area contributed by atoms with Crippen LogP contribution in [0.1, 0.15) is 53.5 Å². The van der Waals surface area contributed by atoms with Gasteiger partial charge in [0.05, 0.1) is 5.92 Å². The molecule has 5 nitrogen and oxygen atoms in total. The Kier molecular flexibility index (Phi) is 7.36. The molecule has 0 saturated carbocycles. The molecule has 0 aliphatic carbocycles. The molecule has 0 bridgehead atoms. The maximum atomic E-state index is 13.8. The molecule has 1 aromatic rings. The number of likely N-dealkylation sites (tertiary alicyclic amines) is 1. The lowest BCUT2D eigenvalue weighted by Crippen LogP contribution is -2.38. The first-order chi connectivity index (χ1) is 13.2. The first-order valence-electron chi connectivity index (χ1n) is 9.89.